The molecule has 0 radical (unpaired) electrons. The fourth-order valence-electron chi connectivity index (χ4n) is 1.87. The van der Waals surface area contributed by atoms with Crippen LogP contribution in [0, 0.1) is 0 Å². The monoisotopic (exact) mass is 251 g/mol. The highest BCUT2D eigenvalue weighted by Crippen LogP contribution is 2.26. The van der Waals surface area contributed by atoms with Gasteiger partial charge in [0.15, 0.2) is 0 Å². The van der Waals surface area contributed by atoms with Crippen molar-refractivity contribution in [1.29, 1.82) is 0 Å². The Morgan fingerprint density at radius 3 is 2.82 bits per heavy atom. The van der Waals surface area contributed by atoms with E-state index in [-0.39, 0.29) is 5.41 Å². The number of hydrogen-bond donors (Lipinski definition) is 1. The van der Waals surface area contributed by atoms with Crippen LogP contribution in [-0.4, -0.2) is 13.1 Å². The SMILES string of the molecule is C=CCCCCCNCC(C)(C)c1cccs1. The van der Waals surface area contributed by atoms with Gasteiger partial charge in [-0.3, -0.25) is 0 Å². The maximum atomic E-state index is 3.74. The summed E-state index contributed by atoms with van der Waals surface area (Å²) in [5.41, 5.74) is 0.259. The Bertz CT molecular complexity index is 301. The number of allylic oxidation sites excluding steroid dienone is 1. The van der Waals surface area contributed by atoms with Crippen LogP contribution < -0.4 is 5.32 Å². The van der Waals surface area contributed by atoms with E-state index in [0.29, 0.717) is 0 Å². The van der Waals surface area contributed by atoms with Crippen LogP contribution in [-0.2, 0) is 5.41 Å². The van der Waals surface area contributed by atoms with Crippen molar-refractivity contribution in [3.05, 3.63) is 35.0 Å². The summed E-state index contributed by atoms with van der Waals surface area (Å²) >= 11 is 1.85. The van der Waals surface area contributed by atoms with Crippen LogP contribution in [0.5, 0.6) is 0 Å². The van der Waals surface area contributed by atoms with Gasteiger partial charge in [0.05, 0.1) is 0 Å². The molecule has 1 rings (SSSR count). The van der Waals surface area contributed by atoms with E-state index >= 15 is 0 Å². The highest BCUT2D eigenvalue weighted by atomic mass is 32.1. The van der Waals surface area contributed by atoms with Crippen LogP contribution in [0.15, 0.2) is 30.2 Å². The van der Waals surface area contributed by atoms with Crippen LogP contribution in [0.1, 0.15) is 44.4 Å². The van der Waals surface area contributed by atoms with Crippen molar-refractivity contribution in [3.8, 4) is 0 Å². The molecule has 0 aliphatic rings. The molecule has 0 saturated heterocycles. The Morgan fingerprint density at radius 1 is 1.35 bits per heavy atom. The molecule has 0 bridgehead atoms. The Morgan fingerprint density at radius 2 is 2.18 bits per heavy atom. The minimum Gasteiger partial charge on any atom is -0.316 e. The Kier molecular flexibility index (Phi) is 6.53. The molecule has 0 aliphatic heterocycles. The second-order valence-electron chi connectivity index (χ2n) is 5.18. The molecule has 0 spiro atoms. The van der Waals surface area contributed by atoms with Crippen molar-refractivity contribution in [2.75, 3.05) is 13.1 Å². The lowest BCUT2D eigenvalue weighted by molar-refractivity contribution is 0.469. The van der Waals surface area contributed by atoms with Gasteiger partial charge in [-0.15, -0.1) is 17.9 Å². The summed E-state index contributed by atoms with van der Waals surface area (Å²) < 4.78 is 0. The van der Waals surface area contributed by atoms with Gasteiger partial charge in [0.1, 0.15) is 0 Å². The molecule has 0 aromatic carbocycles. The van der Waals surface area contributed by atoms with E-state index in [2.05, 4.69) is 43.3 Å². The molecular weight excluding hydrogens is 226 g/mol. The topological polar surface area (TPSA) is 12.0 Å². The lowest BCUT2D eigenvalue weighted by atomic mass is 9.91. The van der Waals surface area contributed by atoms with Gasteiger partial charge < -0.3 is 5.32 Å². The van der Waals surface area contributed by atoms with E-state index in [1.54, 1.807) is 0 Å². The first-order valence-corrected chi connectivity index (χ1v) is 7.40. The van der Waals surface area contributed by atoms with E-state index in [1.807, 2.05) is 17.4 Å². The first-order chi connectivity index (χ1) is 8.17. The average molecular weight is 251 g/mol. The molecule has 96 valence electrons. The number of hydrogen-bond acceptors (Lipinski definition) is 2. The molecule has 1 N–H and O–H groups in total. The van der Waals surface area contributed by atoms with Crippen LogP contribution in [0.2, 0.25) is 0 Å². The van der Waals surface area contributed by atoms with Crippen LogP contribution >= 0.6 is 11.3 Å². The second-order valence-corrected chi connectivity index (χ2v) is 6.12. The molecule has 0 saturated carbocycles. The summed E-state index contributed by atoms with van der Waals surface area (Å²) in [6, 6.07) is 4.37. The minimum absolute atomic E-state index is 0.259. The molecule has 0 aliphatic carbocycles. The molecule has 1 heterocycles. The quantitative estimate of drug-likeness (QED) is 0.508. The average Bonchev–Trinajstić information content (AvgIpc) is 2.82. The number of thiophene rings is 1. The van der Waals surface area contributed by atoms with Crippen LogP contribution in [0.3, 0.4) is 0 Å². The zero-order chi connectivity index (χ0) is 12.6. The van der Waals surface area contributed by atoms with Gasteiger partial charge in [-0.05, 0) is 37.3 Å². The van der Waals surface area contributed by atoms with Gasteiger partial charge in [-0.2, -0.15) is 0 Å². The van der Waals surface area contributed by atoms with Crippen molar-refractivity contribution in [3.63, 3.8) is 0 Å². The normalized spacial score (nSPS) is 11.6. The summed E-state index contributed by atoms with van der Waals surface area (Å²) in [6.07, 6.45) is 7.01. The summed E-state index contributed by atoms with van der Waals surface area (Å²) in [5.74, 6) is 0. The molecule has 2 heteroatoms. The molecule has 0 amide bonds. The molecule has 1 nitrogen and oxygen atoms in total. The van der Waals surface area contributed by atoms with E-state index in [4.69, 9.17) is 0 Å². The largest absolute Gasteiger partial charge is 0.316 e. The Hall–Kier alpha value is -0.600. The van der Waals surface area contributed by atoms with Gasteiger partial charge in [0.2, 0.25) is 0 Å². The van der Waals surface area contributed by atoms with E-state index in [1.165, 1.54) is 24.1 Å². The van der Waals surface area contributed by atoms with Crippen molar-refractivity contribution in [1.82, 2.24) is 5.32 Å². The smallest absolute Gasteiger partial charge is 0.0115 e. The fraction of sp³-hybridized carbons (Fsp3) is 0.600. The summed E-state index contributed by atoms with van der Waals surface area (Å²) in [6.45, 7) is 10.6. The summed E-state index contributed by atoms with van der Waals surface area (Å²) in [5, 5.41) is 5.73. The molecule has 0 unspecified atom stereocenters. The van der Waals surface area contributed by atoms with Gasteiger partial charge in [0, 0.05) is 16.8 Å². The standard InChI is InChI=1S/C15H25NS/c1-4-5-6-7-8-11-16-13-15(2,3)14-10-9-12-17-14/h4,9-10,12,16H,1,5-8,11,13H2,2-3H3. The molecule has 17 heavy (non-hydrogen) atoms. The van der Waals surface area contributed by atoms with Crippen molar-refractivity contribution in [2.45, 2.75) is 44.9 Å². The lowest BCUT2D eigenvalue weighted by Gasteiger charge is -2.23. The van der Waals surface area contributed by atoms with E-state index in [9.17, 15) is 0 Å². The van der Waals surface area contributed by atoms with Crippen molar-refractivity contribution in [2.24, 2.45) is 0 Å². The molecule has 1 aromatic heterocycles. The third-order valence-electron chi connectivity index (χ3n) is 3.02. The number of nitrogens with one attached hydrogen (secondary N) is 1. The second kappa shape index (κ2) is 7.67. The first kappa shape index (κ1) is 14.5. The van der Waals surface area contributed by atoms with Crippen molar-refractivity contribution < 1.29 is 0 Å². The molecule has 0 fully saturated rings. The Balaban J connectivity index is 2.11. The van der Waals surface area contributed by atoms with Gasteiger partial charge in [-0.25, -0.2) is 0 Å². The third kappa shape index (κ3) is 5.51. The fourth-order valence-corrected chi connectivity index (χ4v) is 2.72. The van der Waals surface area contributed by atoms with Gasteiger partial charge >= 0.3 is 0 Å². The Labute approximate surface area is 110 Å². The van der Waals surface area contributed by atoms with Crippen molar-refractivity contribution >= 4 is 11.3 Å². The van der Waals surface area contributed by atoms with Crippen LogP contribution in [0.4, 0.5) is 0 Å². The predicted molar refractivity (Wildman–Crippen MR) is 78.9 cm³/mol. The van der Waals surface area contributed by atoms with Crippen LogP contribution in [0.25, 0.3) is 0 Å². The first-order valence-electron chi connectivity index (χ1n) is 6.52. The van der Waals surface area contributed by atoms with Gasteiger partial charge in [0.25, 0.3) is 0 Å². The maximum absolute atomic E-state index is 3.74. The highest BCUT2D eigenvalue weighted by Gasteiger charge is 2.20. The lowest BCUT2D eigenvalue weighted by Crippen LogP contribution is -2.32. The maximum Gasteiger partial charge on any atom is 0.0115 e. The molecule has 0 atom stereocenters. The third-order valence-corrected chi connectivity index (χ3v) is 4.25. The molecule has 1 aromatic rings. The van der Waals surface area contributed by atoms with Gasteiger partial charge in [-0.1, -0.05) is 32.4 Å². The number of rotatable bonds is 9. The van der Waals surface area contributed by atoms with E-state index in [0.717, 1.165) is 19.5 Å². The summed E-state index contributed by atoms with van der Waals surface area (Å²) in [7, 11) is 0. The number of unbranched alkanes of at least 4 members (excludes halogenated alkanes) is 3. The molecular formula is C15H25NS. The zero-order valence-electron chi connectivity index (χ0n) is 11.2. The minimum atomic E-state index is 0.259. The van der Waals surface area contributed by atoms with E-state index < -0.39 is 0 Å². The predicted octanol–water partition coefficient (Wildman–Crippen LogP) is 4.36. The highest BCUT2D eigenvalue weighted by molar-refractivity contribution is 7.10. The summed E-state index contributed by atoms with van der Waals surface area (Å²) in [4.78, 5) is 1.47. The zero-order valence-corrected chi connectivity index (χ0v) is 12.0.